The highest BCUT2D eigenvalue weighted by Gasteiger charge is 2.27. The number of benzene rings is 3. The van der Waals surface area contributed by atoms with Crippen molar-refractivity contribution in [1.82, 2.24) is 19.5 Å². The fourth-order valence-electron chi connectivity index (χ4n) is 3.29. The Labute approximate surface area is 169 Å². The smallest absolute Gasteiger partial charge is 0.335 e. The fraction of sp³-hybridized carbons (Fsp3) is 0. The first-order chi connectivity index (χ1) is 14.5. The summed E-state index contributed by atoms with van der Waals surface area (Å²) < 4.78 is 32.6. The molecule has 0 fully saturated rings. The van der Waals surface area contributed by atoms with Crippen molar-refractivity contribution in [3.8, 4) is 11.3 Å². The van der Waals surface area contributed by atoms with Crippen LogP contribution in [0.2, 0.25) is 0 Å². The third-order valence-electron chi connectivity index (χ3n) is 4.72. The molecule has 0 atom stereocenters. The number of carboxylic acids is 1. The van der Waals surface area contributed by atoms with Crippen LogP contribution >= 0.6 is 0 Å². The molecule has 0 saturated carbocycles. The highest BCUT2D eigenvalue weighted by Crippen LogP contribution is 2.31. The molecule has 0 aliphatic heterocycles. The van der Waals surface area contributed by atoms with E-state index >= 15 is 0 Å². The van der Waals surface area contributed by atoms with Crippen LogP contribution in [0.25, 0.3) is 33.2 Å². The number of aromatic nitrogens is 4. The Kier molecular flexibility index (Phi) is 3.90. The molecule has 30 heavy (non-hydrogen) atoms. The van der Waals surface area contributed by atoms with Crippen LogP contribution in [-0.4, -0.2) is 39.0 Å². The second-order valence-corrected chi connectivity index (χ2v) is 8.22. The summed E-state index contributed by atoms with van der Waals surface area (Å²) in [6.07, 6.45) is 0. The lowest BCUT2D eigenvalue weighted by Crippen LogP contribution is -2.15. The highest BCUT2D eigenvalue weighted by molar-refractivity contribution is 7.90. The van der Waals surface area contributed by atoms with Gasteiger partial charge >= 0.3 is 5.97 Å². The lowest BCUT2D eigenvalue weighted by atomic mass is 10.1. The van der Waals surface area contributed by atoms with Crippen LogP contribution in [0.3, 0.4) is 0 Å². The van der Waals surface area contributed by atoms with E-state index in [1.165, 1.54) is 18.2 Å². The minimum atomic E-state index is -4.12. The predicted octanol–water partition coefficient (Wildman–Crippen LogP) is 3.17. The van der Waals surface area contributed by atoms with E-state index < -0.39 is 16.0 Å². The Hall–Kier alpha value is -4.05. The molecule has 5 aromatic rings. The topological polar surface area (TPSA) is 128 Å². The first kappa shape index (κ1) is 18.0. The second-order valence-electron chi connectivity index (χ2n) is 6.48. The number of hydrogen-bond acceptors (Lipinski definition) is 7. The van der Waals surface area contributed by atoms with Gasteiger partial charge in [-0.15, -0.1) is 0 Å². The predicted molar refractivity (Wildman–Crippen MR) is 107 cm³/mol. The molecule has 0 saturated heterocycles. The Morgan fingerprint density at radius 1 is 0.933 bits per heavy atom. The Balaban J connectivity index is 1.75. The number of aromatic carboxylic acids is 1. The minimum absolute atomic E-state index is 0.0812. The number of fused-ring (bicyclic) bond motifs is 2. The summed E-state index contributed by atoms with van der Waals surface area (Å²) >= 11 is 0. The average molecular weight is 420 g/mol. The maximum absolute atomic E-state index is 13.5. The van der Waals surface area contributed by atoms with E-state index in [1.54, 1.807) is 48.5 Å². The van der Waals surface area contributed by atoms with Gasteiger partial charge < -0.3 is 5.11 Å². The minimum Gasteiger partial charge on any atom is -0.478 e. The van der Waals surface area contributed by atoms with E-state index in [4.69, 9.17) is 5.11 Å². The summed E-state index contributed by atoms with van der Waals surface area (Å²) in [6.45, 7) is 0. The van der Waals surface area contributed by atoms with Crippen molar-refractivity contribution in [2.45, 2.75) is 4.90 Å². The van der Waals surface area contributed by atoms with E-state index in [1.807, 2.05) is 0 Å². The molecule has 10 heteroatoms. The molecule has 5 rings (SSSR count). The van der Waals surface area contributed by atoms with Crippen molar-refractivity contribution in [2.75, 3.05) is 0 Å². The Bertz CT molecular complexity index is 1530. The van der Waals surface area contributed by atoms with Crippen molar-refractivity contribution < 1.29 is 22.9 Å². The zero-order valence-electron chi connectivity index (χ0n) is 15.1. The van der Waals surface area contributed by atoms with Crippen molar-refractivity contribution >= 4 is 37.9 Å². The van der Waals surface area contributed by atoms with Crippen LogP contribution in [0.1, 0.15) is 10.4 Å². The van der Waals surface area contributed by atoms with Gasteiger partial charge in [-0.1, -0.05) is 36.4 Å². The van der Waals surface area contributed by atoms with Gasteiger partial charge in [0, 0.05) is 10.9 Å². The van der Waals surface area contributed by atoms with Gasteiger partial charge in [-0.25, -0.2) is 9.42 Å². The standard InChI is InChI=1S/C20H12N4O5S/c25-20(26)13-10-8-12(9-11-13)18-14-4-1-2-6-16(14)24(21-18)30(27,28)17-7-3-5-15-19(17)23-29-22-15/h1-11H,(H,25,26). The quantitative estimate of drug-likeness (QED) is 0.469. The average Bonchev–Trinajstić information content (AvgIpc) is 3.38. The monoisotopic (exact) mass is 420 g/mol. The van der Waals surface area contributed by atoms with E-state index in [9.17, 15) is 13.2 Å². The number of carbonyl (C=O) groups is 1. The number of para-hydroxylation sites is 1. The summed E-state index contributed by atoms with van der Waals surface area (Å²) in [5.41, 5.74) is 1.94. The van der Waals surface area contributed by atoms with Gasteiger partial charge in [-0.3, -0.25) is 0 Å². The van der Waals surface area contributed by atoms with E-state index in [0.717, 1.165) is 4.09 Å². The molecule has 1 N–H and O–H groups in total. The van der Waals surface area contributed by atoms with Crippen LogP contribution in [0.15, 0.2) is 76.3 Å². The van der Waals surface area contributed by atoms with Gasteiger partial charge in [-0.2, -0.15) is 17.6 Å². The van der Waals surface area contributed by atoms with Gasteiger partial charge in [-0.05, 0) is 40.6 Å². The first-order valence-electron chi connectivity index (χ1n) is 8.75. The molecule has 0 amide bonds. The maximum Gasteiger partial charge on any atom is 0.335 e. The summed E-state index contributed by atoms with van der Waals surface area (Å²) in [5, 5.41) is 21.5. The van der Waals surface area contributed by atoms with Crippen LogP contribution < -0.4 is 0 Å². The Morgan fingerprint density at radius 3 is 2.47 bits per heavy atom. The zero-order valence-corrected chi connectivity index (χ0v) is 15.9. The summed E-state index contributed by atoms with van der Waals surface area (Å²) in [4.78, 5) is 11.0. The second kappa shape index (κ2) is 6.49. The molecule has 0 bridgehead atoms. The van der Waals surface area contributed by atoms with Gasteiger partial charge in [0.25, 0.3) is 10.0 Å². The van der Waals surface area contributed by atoms with E-state index in [-0.39, 0.29) is 16.0 Å². The number of carboxylic acid groups (broad SMARTS) is 1. The fourth-order valence-corrected chi connectivity index (χ4v) is 4.72. The maximum atomic E-state index is 13.5. The van der Waals surface area contributed by atoms with Gasteiger partial charge in [0.1, 0.15) is 16.1 Å². The normalized spacial score (nSPS) is 11.9. The molecule has 0 spiro atoms. The number of nitrogens with zero attached hydrogens (tertiary/aromatic N) is 4. The molecule has 0 radical (unpaired) electrons. The molecule has 0 aliphatic carbocycles. The molecule has 9 nitrogen and oxygen atoms in total. The Morgan fingerprint density at radius 2 is 1.70 bits per heavy atom. The van der Waals surface area contributed by atoms with Crippen molar-refractivity contribution in [1.29, 1.82) is 0 Å². The third kappa shape index (κ3) is 2.65. The molecule has 148 valence electrons. The molecule has 0 unspecified atom stereocenters. The van der Waals surface area contributed by atoms with Crippen molar-refractivity contribution in [2.24, 2.45) is 0 Å². The molecule has 3 aromatic carbocycles. The summed E-state index contributed by atoms with van der Waals surface area (Å²) in [6, 6.07) is 17.5. The molecule has 2 aromatic heterocycles. The largest absolute Gasteiger partial charge is 0.478 e. The molecule has 2 heterocycles. The molecule has 0 aliphatic rings. The number of hydrogen-bond donors (Lipinski definition) is 1. The van der Waals surface area contributed by atoms with Crippen LogP contribution in [0, 0.1) is 0 Å². The van der Waals surface area contributed by atoms with Crippen LogP contribution in [0.5, 0.6) is 0 Å². The summed E-state index contributed by atoms with van der Waals surface area (Å²) in [5.74, 6) is -1.05. The van der Waals surface area contributed by atoms with Crippen LogP contribution in [0.4, 0.5) is 0 Å². The van der Waals surface area contributed by atoms with Crippen molar-refractivity contribution in [3.63, 3.8) is 0 Å². The first-order valence-corrected chi connectivity index (χ1v) is 10.2. The lowest BCUT2D eigenvalue weighted by molar-refractivity contribution is 0.0697. The zero-order chi connectivity index (χ0) is 20.9. The van der Waals surface area contributed by atoms with Gasteiger partial charge in [0.05, 0.1) is 11.1 Å². The van der Waals surface area contributed by atoms with Gasteiger partial charge in [0.2, 0.25) is 0 Å². The van der Waals surface area contributed by atoms with E-state index in [2.05, 4.69) is 20.0 Å². The lowest BCUT2D eigenvalue weighted by Gasteiger charge is -2.05. The third-order valence-corrected chi connectivity index (χ3v) is 6.33. The van der Waals surface area contributed by atoms with E-state index in [0.29, 0.717) is 27.7 Å². The molecular formula is C20H12N4O5S. The SMILES string of the molecule is O=C(O)c1ccc(-c2nn(S(=O)(=O)c3cccc4nonc34)c3ccccc23)cc1. The van der Waals surface area contributed by atoms with Gasteiger partial charge in [0.15, 0.2) is 5.52 Å². The molecular weight excluding hydrogens is 408 g/mol. The summed E-state index contributed by atoms with van der Waals surface area (Å²) in [7, 11) is -4.12. The van der Waals surface area contributed by atoms with Crippen LogP contribution in [-0.2, 0) is 10.0 Å². The number of rotatable bonds is 4. The van der Waals surface area contributed by atoms with Crippen molar-refractivity contribution in [3.05, 3.63) is 72.3 Å². The highest BCUT2D eigenvalue weighted by atomic mass is 32.2.